The molecular formula is C11H12N2O5. The minimum Gasteiger partial charge on any atom is -0.505 e. The van der Waals surface area contributed by atoms with Crippen molar-refractivity contribution in [1.29, 1.82) is 0 Å². The number of pyridine rings is 1. The molecule has 1 atom stereocenters. The standard InChI is InChI=1S/C11H12N2O5/c14-7-3-1-5-12-9(7)10(15)13-6-2-4-8(13)18-11(16)17/h1,3,5,8,14H,2,4,6H2,(H,16,17)/t8-/m1/s1. The van der Waals surface area contributed by atoms with E-state index in [1.54, 1.807) is 0 Å². The Morgan fingerprint density at radius 3 is 2.94 bits per heavy atom. The molecule has 0 spiro atoms. The van der Waals surface area contributed by atoms with Gasteiger partial charge in [-0.15, -0.1) is 0 Å². The summed E-state index contributed by atoms with van der Waals surface area (Å²) in [6, 6.07) is 2.85. The average Bonchev–Trinajstić information content (AvgIpc) is 2.76. The van der Waals surface area contributed by atoms with Crippen molar-refractivity contribution in [3.63, 3.8) is 0 Å². The number of rotatable bonds is 2. The smallest absolute Gasteiger partial charge is 0.505 e. The van der Waals surface area contributed by atoms with Crippen LogP contribution >= 0.6 is 0 Å². The predicted molar refractivity (Wildman–Crippen MR) is 59.1 cm³/mol. The van der Waals surface area contributed by atoms with Crippen LogP contribution in [-0.2, 0) is 4.74 Å². The van der Waals surface area contributed by atoms with Gasteiger partial charge < -0.3 is 19.8 Å². The van der Waals surface area contributed by atoms with Crippen LogP contribution in [0.1, 0.15) is 23.3 Å². The quantitative estimate of drug-likeness (QED) is 0.763. The Kier molecular flexibility index (Phi) is 3.31. The number of hydrogen-bond donors (Lipinski definition) is 2. The van der Waals surface area contributed by atoms with Gasteiger partial charge in [0.15, 0.2) is 11.9 Å². The molecule has 7 heteroatoms. The summed E-state index contributed by atoms with van der Waals surface area (Å²) >= 11 is 0. The van der Waals surface area contributed by atoms with Crippen LogP contribution < -0.4 is 0 Å². The van der Waals surface area contributed by atoms with E-state index in [9.17, 15) is 14.7 Å². The van der Waals surface area contributed by atoms with Crippen molar-refractivity contribution < 1.29 is 24.5 Å². The van der Waals surface area contributed by atoms with E-state index >= 15 is 0 Å². The Labute approximate surface area is 103 Å². The monoisotopic (exact) mass is 252 g/mol. The number of likely N-dealkylation sites (tertiary alicyclic amines) is 1. The third-order valence-corrected chi connectivity index (χ3v) is 2.68. The summed E-state index contributed by atoms with van der Waals surface area (Å²) in [5.74, 6) is -0.764. The zero-order valence-electron chi connectivity index (χ0n) is 9.44. The maximum Gasteiger partial charge on any atom is 0.507 e. The summed E-state index contributed by atoms with van der Waals surface area (Å²) in [6.07, 6.45) is 0.250. The number of ether oxygens (including phenoxy) is 1. The van der Waals surface area contributed by atoms with E-state index in [-0.39, 0.29) is 11.4 Å². The lowest BCUT2D eigenvalue weighted by atomic mass is 10.3. The van der Waals surface area contributed by atoms with Gasteiger partial charge in [-0.3, -0.25) is 4.79 Å². The van der Waals surface area contributed by atoms with Gasteiger partial charge in [-0.05, 0) is 18.6 Å². The Morgan fingerprint density at radius 2 is 2.28 bits per heavy atom. The third-order valence-electron chi connectivity index (χ3n) is 2.68. The first-order valence-corrected chi connectivity index (χ1v) is 5.44. The molecule has 96 valence electrons. The van der Waals surface area contributed by atoms with Crippen LogP contribution in [0.3, 0.4) is 0 Å². The van der Waals surface area contributed by atoms with Crippen molar-refractivity contribution in [1.82, 2.24) is 9.88 Å². The van der Waals surface area contributed by atoms with E-state index < -0.39 is 18.3 Å². The highest BCUT2D eigenvalue weighted by molar-refractivity contribution is 5.95. The molecule has 0 saturated carbocycles. The molecule has 2 heterocycles. The average molecular weight is 252 g/mol. The Balaban J connectivity index is 2.18. The van der Waals surface area contributed by atoms with Gasteiger partial charge in [-0.1, -0.05) is 0 Å². The zero-order valence-corrected chi connectivity index (χ0v) is 9.44. The predicted octanol–water partition coefficient (Wildman–Crippen LogP) is 1.04. The number of carbonyl (C=O) groups is 2. The number of aromatic nitrogens is 1. The number of carbonyl (C=O) groups excluding carboxylic acids is 1. The van der Waals surface area contributed by atoms with E-state index in [0.29, 0.717) is 19.4 Å². The summed E-state index contributed by atoms with van der Waals surface area (Å²) in [4.78, 5) is 27.6. The van der Waals surface area contributed by atoms with Crippen molar-refractivity contribution in [3.05, 3.63) is 24.0 Å². The molecule has 1 aromatic heterocycles. The van der Waals surface area contributed by atoms with E-state index in [1.807, 2.05) is 0 Å². The maximum atomic E-state index is 12.1. The molecule has 1 aromatic rings. The van der Waals surface area contributed by atoms with Crippen molar-refractivity contribution in [2.75, 3.05) is 6.54 Å². The molecule has 1 aliphatic rings. The minimum absolute atomic E-state index is 0.0987. The molecule has 1 amide bonds. The number of aromatic hydroxyl groups is 1. The first kappa shape index (κ1) is 12.2. The topological polar surface area (TPSA) is 100.0 Å². The van der Waals surface area contributed by atoms with Gasteiger partial charge in [0.2, 0.25) is 0 Å². The van der Waals surface area contributed by atoms with Gasteiger partial charge in [0, 0.05) is 19.2 Å². The molecule has 1 fully saturated rings. The van der Waals surface area contributed by atoms with Crippen molar-refractivity contribution in [3.8, 4) is 5.75 Å². The number of carboxylic acid groups (broad SMARTS) is 1. The van der Waals surface area contributed by atoms with Crippen LogP contribution in [-0.4, -0.2) is 44.9 Å². The Morgan fingerprint density at radius 1 is 1.50 bits per heavy atom. The molecule has 0 radical (unpaired) electrons. The zero-order chi connectivity index (χ0) is 13.1. The Hall–Kier alpha value is -2.31. The SMILES string of the molecule is O=C(O)O[C@@H]1CCCN1C(=O)c1ncccc1O. The fraction of sp³-hybridized carbons (Fsp3) is 0.364. The van der Waals surface area contributed by atoms with Gasteiger partial charge in [-0.2, -0.15) is 0 Å². The van der Waals surface area contributed by atoms with Crippen molar-refractivity contribution >= 4 is 12.1 Å². The lowest BCUT2D eigenvalue weighted by molar-refractivity contribution is -0.00738. The van der Waals surface area contributed by atoms with Crippen LogP contribution in [0.4, 0.5) is 4.79 Å². The highest BCUT2D eigenvalue weighted by Gasteiger charge is 2.33. The molecule has 0 aliphatic carbocycles. The fourth-order valence-corrected chi connectivity index (χ4v) is 1.90. The second kappa shape index (κ2) is 4.91. The second-order valence-corrected chi connectivity index (χ2v) is 3.85. The first-order chi connectivity index (χ1) is 8.59. The molecule has 0 unspecified atom stereocenters. The lowest BCUT2D eigenvalue weighted by Gasteiger charge is -2.22. The summed E-state index contributed by atoms with van der Waals surface area (Å²) in [7, 11) is 0. The van der Waals surface area contributed by atoms with Gasteiger partial charge in [0.1, 0.15) is 5.75 Å². The van der Waals surface area contributed by atoms with Crippen LogP contribution in [0.5, 0.6) is 5.75 Å². The second-order valence-electron chi connectivity index (χ2n) is 3.85. The van der Waals surface area contributed by atoms with Crippen LogP contribution in [0.2, 0.25) is 0 Å². The van der Waals surface area contributed by atoms with Crippen molar-refractivity contribution in [2.45, 2.75) is 19.1 Å². The first-order valence-electron chi connectivity index (χ1n) is 5.44. The van der Waals surface area contributed by atoms with Crippen molar-refractivity contribution in [2.24, 2.45) is 0 Å². The number of amides is 1. The van der Waals surface area contributed by atoms with Gasteiger partial charge in [0.05, 0.1) is 0 Å². The molecule has 0 bridgehead atoms. The molecule has 1 saturated heterocycles. The molecule has 0 aromatic carbocycles. The summed E-state index contributed by atoms with van der Waals surface area (Å²) in [5.41, 5.74) is -0.0987. The van der Waals surface area contributed by atoms with Gasteiger partial charge in [0.25, 0.3) is 5.91 Å². The van der Waals surface area contributed by atoms with Crippen LogP contribution in [0.25, 0.3) is 0 Å². The molecular weight excluding hydrogens is 240 g/mol. The fourth-order valence-electron chi connectivity index (χ4n) is 1.90. The van der Waals surface area contributed by atoms with Gasteiger partial charge >= 0.3 is 6.16 Å². The summed E-state index contributed by atoms with van der Waals surface area (Å²) in [6.45, 7) is 0.382. The lowest BCUT2D eigenvalue weighted by Crippen LogP contribution is -2.38. The largest absolute Gasteiger partial charge is 0.507 e. The van der Waals surface area contributed by atoms with Gasteiger partial charge in [-0.25, -0.2) is 9.78 Å². The van der Waals surface area contributed by atoms with E-state index in [4.69, 9.17) is 5.11 Å². The minimum atomic E-state index is -1.43. The summed E-state index contributed by atoms with van der Waals surface area (Å²) in [5, 5.41) is 18.1. The normalized spacial score (nSPS) is 18.7. The molecule has 7 nitrogen and oxygen atoms in total. The van der Waals surface area contributed by atoms with E-state index in [1.165, 1.54) is 23.2 Å². The third kappa shape index (κ3) is 2.34. The summed E-state index contributed by atoms with van der Waals surface area (Å²) < 4.78 is 4.62. The van der Waals surface area contributed by atoms with E-state index in [0.717, 1.165) is 0 Å². The molecule has 1 aliphatic heterocycles. The highest BCUT2D eigenvalue weighted by atomic mass is 16.7. The number of nitrogens with zero attached hydrogens (tertiary/aromatic N) is 2. The molecule has 2 rings (SSSR count). The highest BCUT2D eigenvalue weighted by Crippen LogP contribution is 2.23. The maximum absolute atomic E-state index is 12.1. The number of hydrogen-bond acceptors (Lipinski definition) is 5. The molecule has 2 N–H and O–H groups in total. The van der Waals surface area contributed by atoms with E-state index in [2.05, 4.69) is 9.72 Å². The molecule has 18 heavy (non-hydrogen) atoms. The van der Waals surface area contributed by atoms with Crippen LogP contribution in [0.15, 0.2) is 18.3 Å². The van der Waals surface area contributed by atoms with Crippen LogP contribution in [0, 0.1) is 0 Å². The Bertz CT molecular complexity index is 476.